The number of carbonyl (C=O) groups is 4. The Morgan fingerprint density at radius 3 is 2.58 bits per heavy atom. The number of hydrogen-bond donors (Lipinski definition) is 2. The molecule has 1 atom stereocenters. The van der Waals surface area contributed by atoms with Gasteiger partial charge in [-0.05, 0) is 25.1 Å². The Kier molecular flexibility index (Phi) is 5.18. The molecule has 1 aromatic carbocycles. The molecule has 3 amide bonds. The zero-order valence-corrected chi connectivity index (χ0v) is 13.7. The van der Waals surface area contributed by atoms with Crippen molar-refractivity contribution in [3.63, 3.8) is 0 Å². The van der Waals surface area contributed by atoms with Crippen molar-refractivity contribution in [2.45, 2.75) is 33.3 Å². The van der Waals surface area contributed by atoms with Crippen LogP contribution in [0.1, 0.15) is 37.6 Å². The number of carbonyl (C=O) groups excluding carboxylic acids is 4. The molecule has 0 saturated carbocycles. The second-order valence-corrected chi connectivity index (χ2v) is 5.37. The third-order valence-corrected chi connectivity index (χ3v) is 3.49. The lowest BCUT2D eigenvalue weighted by Gasteiger charge is -2.32. The van der Waals surface area contributed by atoms with E-state index in [0.29, 0.717) is 23.4 Å². The highest BCUT2D eigenvalue weighted by atomic mass is 16.5. The average molecular weight is 333 g/mol. The van der Waals surface area contributed by atoms with Crippen molar-refractivity contribution in [1.29, 1.82) is 0 Å². The highest BCUT2D eigenvalue weighted by Gasteiger charge is 2.33. The number of hydrogen-bond acceptors (Lipinski definition) is 5. The van der Waals surface area contributed by atoms with Crippen LogP contribution < -0.4 is 20.5 Å². The van der Waals surface area contributed by atoms with E-state index in [-0.39, 0.29) is 12.3 Å². The van der Waals surface area contributed by atoms with E-state index in [1.165, 1.54) is 17.9 Å². The van der Waals surface area contributed by atoms with Crippen LogP contribution in [0.5, 0.6) is 5.75 Å². The van der Waals surface area contributed by atoms with Gasteiger partial charge in [0, 0.05) is 18.9 Å². The van der Waals surface area contributed by atoms with E-state index in [4.69, 9.17) is 4.74 Å². The Bertz CT molecular complexity index is 701. The smallest absolute Gasteiger partial charge is 0.268 e. The highest BCUT2D eigenvalue weighted by molar-refractivity contribution is 6.05. The third-order valence-electron chi connectivity index (χ3n) is 3.49. The van der Waals surface area contributed by atoms with Gasteiger partial charge in [-0.25, -0.2) is 0 Å². The van der Waals surface area contributed by atoms with Crippen LogP contribution in [0, 0.1) is 0 Å². The predicted octanol–water partition coefficient (Wildman–Crippen LogP) is 0.560. The van der Waals surface area contributed by atoms with Crippen LogP contribution in [0.4, 0.5) is 5.69 Å². The summed E-state index contributed by atoms with van der Waals surface area (Å²) in [7, 11) is 0. The van der Waals surface area contributed by atoms with Crippen molar-refractivity contribution < 1.29 is 23.9 Å². The van der Waals surface area contributed by atoms with E-state index in [0.717, 1.165) is 0 Å². The molecule has 8 heteroatoms. The number of fused-ring (bicyclic) bond motifs is 1. The van der Waals surface area contributed by atoms with Crippen LogP contribution in [0.25, 0.3) is 0 Å². The maximum absolute atomic E-state index is 12.4. The summed E-state index contributed by atoms with van der Waals surface area (Å²) in [6, 6.07) is 4.78. The number of hydrazine groups is 1. The van der Waals surface area contributed by atoms with Gasteiger partial charge >= 0.3 is 0 Å². The number of amides is 3. The molecule has 1 aliphatic rings. The number of nitrogens with one attached hydrogen (secondary N) is 2. The van der Waals surface area contributed by atoms with Crippen LogP contribution in [-0.2, 0) is 14.4 Å². The summed E-state index contributed by atoms with van der Waals surface area (Å²) in [5.74, 6) is -1.05. The van der Waals surface area contributed by atoms with Gasteiger partial charge in [0.15, 0.2) is 11.9 Å². The molecule has 128 valence electrons. The molecular weight excluding hydrogens is 314 g/mol. The first-order valence-corrected chi connectivity index (χ1v) is 7.54. The van der Waals surface area contributed by atoms with Crippen molar-refractivity contribution >= 4 is 29.2 Å². The molecule has 1 heterocycles. The molecule has 2 N–H and O–H groups in total. The summed E-state index contributed by atoms with van der Waals surface area (Å²) in [5, 5.41) is 0. The van der Waals surface area contributed by atoms with E-state index >= 15 is 0 Å². The molecule has 1 aromatic rings. The van der Waals surface area contributed by atoms with Crippen molar-refractivity contribution in [2.75, 3.05) is 11.4 Å². The second-order valence-electron chi connectivity index (χ2n) is 5.37. The first-order valence-electron chi connectivity index (χ1n) is 7.54. The lowest BCUT2D eigenvalue weighted by atomic mass is 10.1. The largest absolute Gasteiger partial charge is 0.479 e. The molecule has 0 aliphatic carbocycles. The van der Waals surface area contributed by atoms with E-state index in [1.54, 1.807) is 26.0 Å². The average Bonchev–Trinajstić information content (AvgIpc) is 2.56. The van der Waals surface area contributed by atoms with Crippen molar-refractivity contribution in [2.24, 2.45) is 0 Å². The fourth-order valence-corrected chi connectivity index (χ4v) is 2.29. The van der Waals surface area contributed by atoms with Gasteiger partial charge in [-0.2, -0.15) is 0 Å². The van der Waals surface area contributed by atoms with Gasteiger partial charge in [-0.1, -0.05) is 6.92 Å². The molecule has 1 aliphatic heterocycles. The minimum Gasteiger partial charge on any atom is -0.479 e. The third kappa shape index (κ3) is 3.70. The van der Waals surface area contributed by atoms with Gasteiger partial charge in [0.2, 0.25) is 5.91 Å². The molecule has 0 aromatic heterocycles. The number of anilines is 1. The maximum Gasteiger partial charge on any atom is 0.268 e. The normalized spacial score (nSPS) is 16.0. The van der Waals surface area contributed by atoms with Crippen LogP contribution in [0.15, 0.2) is 18.2 Å². The minimum atomic E-state index is -0.751. The van der Waals surface area contributed by atoms with Crippen molar-refractivity contribution in [1.82, 2.24) is 10.9 Å². The lowest BCUT2D eigenvalue weighted by Crippen LogP contribution is -2.51. The minimum absolute atomic E-state index is 0.0773. The van der Waals surface area contributed by atoms with E-state index in [1.807, 2.05) is 0 Å². The van der Waals surface area contributed by atoms with Crippen LogP contribution in [0.3, 0.4) is 0 Å². The number of benzene rings is 1. The Morgan fingerprint density at radius 1 is 1.25 bits per heavy atom. The van der Waals surface area contributed by atoms with E-state index in [2.05, 4.69) is 10.9 Å². The van der Waals surface area contributed by atoms with Gasteiger partial charge in [0.1, 0.15) is 12.3 Å². The SMILES string of the molecule is CCC(=O)c1ccc2c(c1)N(CC(=O)NNC(C)=O)C(=O)C(C)O2. The van der Waals surface area contributed by atoms with Crippen molar-refractivity contribution in [3.05, 3.63) is 23.8 Å². The van der Waals surface area contributed by atoms with Crippen LogP contribution >= 0.6 is 0 Å². The number of ketones is 1. The van der Waals surface area contributed by atoms with Crippen LogP contribution in [-0.4, -0.2) is 36.2 Å². The molecule has 0 bridgehead atoms. The topological polar surface area (TPSA) is 105 Å². The summed E-state index contributed by atoms with van der Waals surface area (Å²) in [5.41, 5.74) is 5.16. The van der Waals surface area contributed by atoms with E-state index in [9.17, 15) is 19.2 Å². The fraction of sp³-hybridized carbons (Fsp3) is 0.375. The van der Waals surface area contributed by atoms with Crippen molar-refractivity contribution in [3.8, 4) is 5.75 Å². The molecule has 0 radical (unpaired) electrons. The Hall–Kier alpha value is -2.90. The standard InChI is InChI=1S/C16H19N3O5/c1-4-13(21)11-5-6-14-12(7-11)19(16(23)9(2)24-14)8-15(22)18-17-10(3)20/h5-7,9H,4,8H2,1-3H3,(H,17,20)(H,18,22). The summed E-state index contributed by atoms with van der Waals surface area (Å²) in [6.07, 6.45) is -0.425. The molecule has 0 saturated heterocycles. The zero-order chi connectivity index (χ0) is 17.9. The second kappa shape index (κ2) is 7.12. The lowest BCUT2D eigenvalue weighted by molar-refractivity contribution is -0.129. The van der Waals surface area contributed by atoms with Gasteiger partial charge in [-0.3, -0.25) is 34.9 Å². The van der Waals surface area contributed by atoms with Gasteiger partial charge in [0.05, 0.1) is 5.69 Å². The summed E-state index contributed by atoms with van der Waals surface area (Å²) < 4.78 is 5.52. The highest BCUT2D eigenvalue weighted by Crippen LogP contribution is 2.35. The number of rotatable bonds is 4. The predicted molar refractivity (Wildman–Crippen MR) is 85.5 cm³/mol. The fourth-order valence-electron chi connectivity index (χ4n) is 2.29. The quantitative estimate of drug-likeness (QED) is 0.619. The van der Waals surface area contributed by atoms with Gasteiger partial charge in [-0.15, -0.1) is 0 Å². The Balaban J connectivity index is 2.30. The molecule has 2 rings (SSSR count). The summed E-state index contributed by atoms with van der Waals surface area (Å²) in [4.78, 5) is 48.3. The number of nitrogens with zero attached hydrogens (tertiary/aromatic N) is 1. The molecular formula is C16H19N3O5. The first-order chi connectivity index (χ1) is 11.3. The molecule has 1 unspecified atom stereocenters. The summed E-state index contributed by atoms with van der Waals surface area (Å²) >= 11 is 0. The summed E-state index contributed by atoms with van der Waals surface area (Å²) in [6.45, 7) is 4.27. The molecule has 0 fully saturated rings. The number of Topliss-reactive ketones (excluding diaryl/α,β-unsaturated/α-hetero) is 1. The number of ether oxygens (including phenoxy) is 1. The first kappa shape index (κ1) is 17.5. The Labute approximate surface area is 139 Å². The van der Waals surface area contributed by atoms with Gasteiger partial charge in [0.25, 0.3) is 11.8 Å². The maximum atomic E-state index is 12.4. The van der Waals surface area contributed by atoms with Gasteiger partial charge < -0.3 is 4.74 Å². The van der Waals surface area contributed by atoms with E-state index < -0.39 is 23.8 Å². The zero-order valence-electron chi connectivity index (χ0n) is 13.7. The molecule has 0 spiro atoms. The monoisotopic (exact) mass is 333 g/mol. The molecule has 8 nitrogen and oxygen atoms in total. The van der Waals surface area contributed by atoms with Crippen LogP contribution in [0.2, 0.25) is 0 Å². The molecule has 24 heavy (non-hydrogen) atoms. The Morgan fingerprint density at radius 2 is 1.96 bits per heavy atom.